The van der Waals surface area contributed by atoms with Crippen LogP contribution >= 0.6 is 0 Å². The number of hydrogen-bond acceptors (Lipinski definition) is 5. The van der Waals surface area contributed by atoms with Gasteiger partial charge in [-0.05, 0) is 48.9 Å². The molecule has 0 saturated heterocycles. The van der Waals surface area contributed by atoms with Crippen LogP contribution in [0.25, 0.3) is 5.69 Å². The summed E-state index contributed by atoms with van der Waals surface area (Å²) in [5.41, 5.74) is 2.12. The smallest absolute Gasteiger partial charge is 0.170 e. The fourth-order valence-corrected chi connectivity index (χ4v) is 2.39. The average Bonchev–Trinajstić information content (AvgIpc) is 3.21. The van der Waals surface area contributed by atoms with E-state index in [2.05, 4.69) is 46.0 Å². The van der Waals surface area contributed by atoms with Crippen molar-refractivity contribution >= 4 is 0 Å². The number of hydrogen-bond donors (Lipinski definition) is 1. The second-order valence-electron chi connectivity index (χ2n) is 5.75. The standard InChI is InChI=1S/C16H21N7/c1-12-9-18-22(11-12)14(3)13(2)17-10-16-19-20-21-23(16)15-7-5-4-6-8-15/h4-9,11,13-14,17H,10H2,1-3H3/t13-,14+/m1/s1. The van der Waals surface area contributed by atoms with Crippen LogP contribution in [0, 0.1) is 6.92 Å². The van der Waals surface area contributed by atoms with Gasteiger partial charge in [0.1, 0.15) is 0 Å². The van der Waals surface area contributed by atoms with E-state index >= 15 is 0 Å². The van der Waals surface area contributed by atoms with Crippen molar-refractivity contribution in [1.29, 1.82) is 0 Å². The van der Waals surface area contributed by atoms with Gasteiger partial charge >= 0.3 is 0 Å². The van der Waals surface area contributed by atoms with Crippen LogP contribution in [0.5, 0.6) is 0 Å². The second kappa shape index (κ2) is 6.70. The van der Waals surface area contributed by atoms with E-state index < -0.39 is 0 Å². The van der Waals surface area contributed by atoms with E-state index in [9.17, 15) is 0 Å². The van der Waals surface area contributed by atoms with Crippen molar-refractivity contribution in [3.8, 4) is 5.69 Å². The Hall–Kier alpha value is -2.54. The molecule has 3 rings (SSSR count). The van der Waals surface area contributed by atoms with Gasteiger partial charge in [-0.15, -0.1) is 5.10 Å². The fourth-order valence-electron chi connectivity index (χ4n) is 2.39. The maximum atomic E-state index is 4.38. The van der Waals surface area contributed by atoms with Crippen molar-refractivity contribution in [2.45, 2.75) is 39.4 Å². The quantitative estimate of drug-likeness (QED) is 0.753. The molecule has 0 unspecified atom stereocenters. The normalized spacial score (nSPS) is 13.9. The molecule has 0 radical (unpaired) electrons. The number of rotatable bonds is 6. The van der Waals surface area contributed by atoms with Crippen molar-refractivity contribution in [3.05, 3.63) is 54.1 Å². The Labute approximate surface area is 135 Å². The number of tetrazole rings is 1. The lowest BCUT2D eigenvalue weighted by atomic mass is 10.2. The Balaban J connectivity index is 1.66. The molecule has 1 aromatic carbocycles. The van der Waals surface area contributed by atoms with E-state index in [0.717, 1.165) is 17.1 Å². The van der Waals surface area contributed by atoms with E-state index in [1.165, 1.54) is 0 Å². The highest BCUT2D eigenvalue weighted by Gasteiger charge is 2.16. The molecule has 2 atom stereocenters. The van der Waals surface area contributed by atoms with Gasteiger partial charge in [-0.1, -0.05) is 18.2 Å². The third-order valence-electron chi connectivity index (χ3n) is 3.99. The summed E-state index contributed by atoms with van der Waals surface area (Å²) in [7, 11) is 0. The van der Waals surface area contributed by atoms with Crippen LogP contribution in [0.4, 0.5) is 0 Å². The first kappa shape index (κ1) is 15.4. The van der Waals surface area contributed by atoms with Crippen LogP contribution in [0.15, 0.2) is 42.7 Å². The molecule has 0 amide bonds. The molecule has 3 aromatic rings. The van der Waals surface area contributed by atoms with Gasteiger partial charge in [0.2, 0.25) is 0 Å². The largest absolute Gasteiger partial charge is 0.305 e. The third-order valence-corrected chi connectivity index (χ3v) is 3.99. The minimum absolute atomic E-state index is 0.232. The lowest BCUT2D eigenvalue weighted by molar-refractivity contribution is 0.361. The number of para-hydroxylation sites is 1. The van der Waals surface area contributed by atoms with Gasteiger partial charge in [0.15, 0.2) is 5.82 Å². The molecule has 23 heavy (non-hydrogen) atoms. The summed E-state index contributed by atoms with van der Waals surface area (Å²) in [6.07, 6.45) is 3.93. The Kier molecular flexibility index (Phi) is 4.47. The number of aromatic nitrogens is 6. The molecule has 0 aliphatic heterocycles. The first-order valence-corrected chi connectivity index (χ1v) is 7.72. The molecule has 7 nitrogen and oxygen atoms in total. The zero-order chi connectivity index (χ0) is 16.2. The summed E-state index contributed by atoms with van der Waals surface area (Å²) in [4.78, 5) is 0. The Bertz CT molecular complexity index is 747. The zero-order valence-corrected chi connectivity index (χ0v) is 13.6. The summed E-state index contributed by atoms with van der Waals surface area (Å²) in [5.74, 6) is 0.784. The molecular weight excluding hydrogens is 290 g/mol. The molecule has 0 spiro atoms. The van der Waals surface area contributed by atoms with Crippen molar-refractivity contribution in [1.82, 2.24) is 35.3 Å². The molecule has 1 N–H and O–H groups in total. The van der Waals surface area contributed by atoms with Crippen molar-refractivity contribution < 1.29 is 0 Å². The first-order valence-electron chi connectivity index (χ1n) is 7.72. The maximum absolute atomic E-state index is 4.38. The average molecular weight is 311 g/mol. The van der Waals surface area contributed by atoms with E-state index in [4.69, 9.17) is 0 Å². The number of nitrogens with zero attached hydrogens (tertiary/aromatic N) is 6. The van der Waals surface area contributed by atoms with Crippen molar-refractivity contribution in [2.24, 2.45) is 0 Å². The highest BCUT2D eigenvalue weighted by Crippen LogP contribution is 2.12. The molecule has 0 aliphatic rings. The molecule has 0 saturated carbocycles. The number of aryl methyl sites for hydroxylation is 1. The Morgan fingerprint density at radius 3 is 2.65 bits per heavy atom. The zero-order valence-electron chi connectivity index (χ0n) is 13.6. The van der Waals surface area contributed by atoms with Gasteiger partial charge in [-0.3, -0.25) is 4.68 Å². The van der Waals surface area contributed by atoms with Crippen LogP contribution < -0.4 is 5.32 Å². The summed E-state index contributed by atoms with van der Waals surface area (Å²) >= 11 is 0. The monoisotopic (exact) mass is 311 g/mol. The molecule has 0 bridgehead atoms. The minimum Gasteiger partial charge on any atom is -0.305 e. The Morgan fingerprint density at radius 2 is 1.96 bits per heavy atom. The molecule has 0 fully saturated rings. The summed E-state index contributed by atoms with van der Waals surface area (Å²) in [6.45, 7) is 6.92. The van der Waals surface area contributed by atoms with Crippen LogP contribution in [0.1, 0.15) is 31.3 Å². The van der Waals surface area contributed by atoms with Crippen LogP contribution in [0.2, 0.25) is 0 Å². The van der Waals surface area contributed by atoms with Crippen LogP contribution in [0.3, 0.4) is 0 Å². The van der Waals surface area contributed by atoms with Gasteiger partial charge < -0.3 is 5.32 Å². The van der Waals surface area contributed by atoms with Gasteiger partial charge in [0.05, 0.1) is 24.5 Å². The topological polar surface area (TPSA) is 73.5 Å². The highest BCUT2D eigenvalue weighted by atomic mass is 15.5. The third kappa shape index (κ3) is 3.45. The van der Waals surface area contributed by atoms with E-state index in [-0.39, 0.29) is 12.1 Å². The van der Waals surface area contributed by atoms with Gasteiger partial charge in [-0.25, -0.2) is 0 Å². The SMILES string of the molecule is Cc1cnn([C@@H](C)[C@@H](C)NCc2nnnn2-c2ccccc2)c1. The lowest BCUT2D eigenvalue weighted by Crippen LogP contribution is -2.34. The first-order chi connectivity index (χ1) is 11.1. The van der Waals surface area contributed by atoms with E-state index in [0.29, 0.717) is 6.54 Å². The molecule has 0 aliphatic carbocycles. The summed E-state index contributed by atoms with van der Waals surface area (Å²) in [6, 6.07) is 10.4. The van der Waals surface area contributed by atoms with E-state index in [1.54, 1.807) is 4.68 Å². The number of benzene rings is 1. The van der Waals surface area contributed by atoms with Crippen LogP contribution in [-0.4, -0.2) is 36.0 Å². The molecular formula is C16H21N7. The summed E-state index contributed by atoms with van der Waals surface area (Å²) < 4.78 is 3.73. The summed E-state index contributed by atoms with van der Waals surface area (Å²) in [5, 5.41) is 19.8. The van der Waals surface area contributed by atoms with Crippen molar-refractivity contribution in [3.63, 3.8) is 0 Å². The maximum Gasteiger partial charge on any atom is 0.170 e. The lowest BCUT2D eigenvalue weighted by Gasteiger charge is -2.21. The van der Waals surface area contributed by atoms with Gasteiger partial charge in [0, 0.05) is 12.2 Å². The van der Waals surface area contributed by atoms with Crippen LogP contribution in [-0.2, 0) is 6.54 Å². The van der Waals surface area contributed by atoms with Crippen molar-refractivity contribution in [2.75, 3.05) is 0 Å². The van der Waals surface area contributed by atoms with Gasteiger partial charge in [-0.2, -0.15) is 9.78 Å². The van der Waals surface area contributed by atoms with Gasteiger partial charge in [0.25, 0.3) is 0 Å². The predicted molar refractivity (Wildman–Crippen MR) is 87.1 cm³/mol. The minimum atomic E-state index is 0.232. The fraction of sp³-hybridized carbons (Fsp3) is 0.375. The Morgan fingerprint density at radius 1 is 1.17 bits per heavy atom. The molecule has 2 heterocycles. The number of nitrogens with one attached hydrogen (secondary N) is 1. The van der Waals surface area contributed by atoms with E-state index in [1.807, 2.05) is 48.1 Å². The highest BCUT2D eigenvalue weighted by molar-refractivity contribution is 5.30. The molecule has 7 heteroatoms. The second-order valence-corrected chi connectivity index (χ2v) is 5.75. The molecule has 2 aromatic heterocycles. The molecule has 120 valence electrons. The predicted octanol–water partition coefficient (Wildman–Crippen LogP) is 1.91.